The summed E-state index contributed by atoms with van der Waals surface area (Å²) in [5.74, 6) is -1.03. The van der Waals surface area contributed by atoms with E-state index in [0.717, 1.165) is 24.3 Å². The van der Waals surface area contributed by atoms with Crippen LogP contribution in [0.3, 0.4) is 0 Å². The average molecular weight is 213 g/mol. The predicted molar refractivity (Wildman–Crippen MR) is 51.4 cm³/mol. The molecule has 0 amide bonds. The van der Waals surface area contributed by atoms with E-state index in [1.807, 2.05) is 7.05 Å². The van der Waals surface area contributed by atoms with Gasteiger partial charge in [0.1, 0.15) is 5.15 Å². The van der Waals surface area contributed by atoms with Gasteiger partial charge in [0, 0.05) is 13.1 Å². The minimum absolute atomic E-state index is 0.0755. The molecule has 0 fully saturated rings. The molecule has 0 unspecified atom stereocenters. The van der Waals surface area contributed by atoms with E-state index in [2.05, 4.69) is 9.88 Å². The lowest BCUT2D eigenvalue weighted by Gasteiger charge is -2.02. The summed E-state index contributed by atoms with van der Waals surface area (Å²) in [5.41, 5.74) is 1.91. The van der Waals surface area contributed by atoms with Crippen LogP contribution in [-0.4, -0.2) is 28.0 Å². The third-order valence-electron chi connectivity index (χ3n) is 2.23. The molecule has 1 aromatic heterocycles. The van der Waals surface area contributed by atoms with Crippen LogP contribution in [0.4, 0.5) is 0 Å². The fraction of sp³-hybridized carbons (Fsp3) is 0.333. The first-order chi connectivity index (χ1) is 6.58. The van der Waals surface area contributed by atoms with Gasteiger partial charge in [-0.3, -0.25) is 4.90 Å². The predicted octanol–water partition coefficient (Wildman–Crippen LogP) is 1.38. The van der Waals surface area contributed by atoms with Crippen molar-refractivity contribution >= 4 is 17.6 Å². The van der Waals surface area contributed by atoms with Crippen LogP contribution in [0.2, 0.25) is 5.15 Å². The Labute approximate surface area is 86.1 Å². The standard InChI is InChI=1S/C9H9ClN2O2/c1-12-3-5-2-6(9(13)14)8(10)11-7(5)4-12/h2H,3-4H2,1H3,(H,13,14). The van der Waals surface area contributed by atoms with Crippen molar-refractivity contribution in [3.05, 3.63) is 28.0 Å². The number of rotatable bonds is 1. The quantitative estimate of drug-likeness (QED) is 0.715. The van der Waals surface area contributed by atoms with E-state index in [4.69, 9.17) is 16.7 Å². The maximum Gasteiger partial charge on any atom is 0.338 e. The third-order valence-corrected chi connectivity index (χ3v) is 2.52. The van der Waals surface area contributed by atoms with Gasteiger partial charge in [0.05, 0.1) is 11.3 Å². The normalized spacial score (nSPS) is 15.6. The van der Waals surface area contributed by atoms with Crippen LogP contribution in [0, 0.1) is 0 Å². The Morgan fingerprint density at radius 3 is 3.00 bits per heavy atom. The fourth-order valence-corrected chi connectivity index (χ4v) is 1.83. The second-order valence-corrected chi connectivity index (χ2v) is 3.77. The first-order valence-electron chi connectivity index (χ1n) is 4.18. The van der Waals surface area contributed by atoms with Crippen molar-refractivity contribution in [2.24, 2.45) is 0 Å². The molecular weight excluding hydrogens is 204 g/mol. The Hall–Kier alpha value is -1.13. The van der Waals surface area contributed by atoms with E-state index in [-0.39, 0.29) is 10.7 Å². The summed E-state index contributed by atoms with van der Waals surface area (Å²) >= 11 is 5.74. The number of pyridine rings is 1. The molecule has 0 saturated carbocycles. The molecule has 74 valence electrons. The SMILES string of the molecule is CN1Cc2cc(C(=O)O)c(Cl)nc2C1. The highest BCUT2D eigenvalue weighted by Crippen LogP contribution is 2.24. The van der Waals surface area contributed by atoms with Crippen LogP contribution < -0.4 is 0 Å². The molecule has 1 aliphatic heterocycles. The smallest absolute Gasteiger partial charge is 0.338 e. The maximum atomic E-state index is 10.8. The van der Waals surface area contributed by atoms with Crippen LogP contribution in [0.5, 0.6) is 0 Å². The minimum Gasteiger partial charge on any atom is -0.478 e. The fourth-order valence-electron chi connectivity index (χ4n) is 1.59. The zero-order chi connectivity index (χ0) is 10.3. The summed E-state index contributed by atoms with van der Waals surface area (Å²) in [6, 6.07) is 1.61. The number of hydrogen-bond acceptors (Lipinski definition) is 3. The minimum atomic E-state index is -1.03. The van der Waals surface area contributed by atoms with Gasteiger partial charge in [-0.1, -0.05) is 11.6 Å². The van der Waals surface area contributed by atoms with Crippen molar-refractivity contribution < 1.29 is 9.90 Å². The van der Waals surface area contributed by atoms with Gasteiger partial charge in [-0.05, 0) is 18.7 Å². The Morgan fingerprint density at radius 1 is 1.64 bits per heavy atom. The Morgan fingerprint density at radius 2 is 2.36 bits per heavy atom. The van der Waals surface area contributed by atoms with Crippen LogP contribution in [0.15, 0.2) is 6.07 Å². The molecule has 0 spiro atoms. The van der Waals surface area contributed by atoms with E-state index in [1.165, 1.54) is 0 Å². The van der Waals surface area contributed by atoms with Crippen LogP contribution in [-0.2, 0) is 13.1 Å². The molecule has 0 aliphatic carbocycles. The number of aromatic nitrogens is 1. The number of carboxylic acid groups (broad SMARTS) is 1. The van der Waals surface area contributed by atoms with E-state index in [0.29, 0.717) is 0 Å². The molecular formula is C9H9ClN2O2. The molecule has 0 bridgehead atoms. The van der Waals surface area contributed by atoms with Gasteiger partial charge in [0.15, 0.2) is 0 Å². The third kappa shape index (κ3) is 1.47. The number of nitrogens with zero attached hydrogens (tertiary/aromatic N) is 2. The van der Waals surface area contributed by atoms with Gasteiger partial charge < -0.3 is 5.11 Å². The van der Waals surface area contributed by atoms with E-state index < -0.39 is 5.97 Å². The van der Waals surface area contributed by atoms with Crippen molar-refractivity contribution in [1.29, 1.82) is 0 Å². The summed E-state index contributed by atoms with van der Waals surface area (Å²) in [7, 11) is 1.95. The number of hydrogen-bond donors (Lipinski definition) is 1. The Bertz CT molecular complexity index is 406. The lowest BCUT2D eigenvalue weighted by molar-refractivity contribution is 0.0696. The van der Waals surface area contributed by atoms with Crippen LogP contribution in [0.25, 0.3) is 0 Å². The molecule has 0 saturated heterocycles. The summed E-state index contributed by atoms with van der Waals surface area (Å²) < 4.78 is 0. The van der Waals surface area contributed by atoms with Gasteiger partial charge in [0.25, 0.3) is 0 Å². The summed E-state index contributed by atoms with van der Waals surface area (Å²) in [5, 5.41) is 8.90. The van der Waals surface area contributed by atoms with Crippen LogP contribution >= 0.6 is 11.6 Å². The molecule has 14 heavy (non-hydrogen) atoms. The zero-order valence-electron chi connectivity index (χ0n) is 7.62. The van der Waals surface area contributed by atoms with E-state index in [9.17, 15) is 4.79 Å². The molecule has 4 nitrogen and oxygen atoms in total. The Kier molecular flexibility index (Phi) is 2.17. The first-order valence-corrected chi connectivity index (χ1v) is 4.56. The van der Waals surface area contributed by atoms with E-state index >= 15 is 0 Å². The molecule has 2 rings (SSSR count). The molecule has 2 heterocycles. The summed E-state index contributed by atoms with van der Waals surface area (Å²) in [6.07, 6.45) is 0. The molecule has 1 aliphatic rings. The highest BCUT2D eigenvalue weighted by Gasteiger charge is 2.21. The number of carboxylic acids is 1. The molecule has 0 radical (unpaired) electrons. The van der Waals surface area contributed by atoms with Gasteiger partial charge in [-0.15, -0.1) is 0 Å². The van der Waals surface area contributed by atoms with Gasteiger partial charge in [-0.2, -0.15) is 0 Å². The topological polar surface area (TPSA) is 53.4 Å². The zero-order valence-corrected chi connectivity index (χ0v) is 8.38. The number of aromatic carboxylic acids is 1. The lowest BCUT2D eigenvalue weighted by Crippen LogP contribution is -2.07. The molecule has 0 aromatic carbocycles. The second-order valence-electron chi connectivity index (χ2n) is 3.41. The number of carbonyl (C=O) groups is 1. The molecule has 0 atom stereocenters. The van der Waals surface area contributed by atoms with Gasteiger partial charge in [-0.25, -0.2) is 9.78 Å². The van der Waals surface area contributed by atoms with Crippen LogP contribution in [0.1, 0.15) is 21.6 Å². The largest absolute Gasteiger partial charge is 0.478 e. The molecule has 5 heteroatoms. The van der Waals surface area contributed by atoms with E-state index in [1.54, 1.807) is 6.07 Å². The number of fused-ring (bicyclic) bond motifs is 1. The van der Waals surface area contributed by atoms with Crippen molar-refractivity contribution in [2.75, 3.05) is 7.05 Å². The lowest BCUT2D eigenvalue weighted by atomic mass is 10.1. The highest BCUT2D eigenvalue weighted by molar-refractivity contribution is 6.32. The highest BCUT2D eigenvalue weighted by atomic mass is 35.5. The monoisotopic (exact) mass is 212 g/mol. The van der Waals surface area contributed by atoms with Gasteiger partial charge >= 0.3 is 5.97 Å². The van der Waals surface area contributed by atoms with Crippen molar-refractivity contribution in [2.45, 2.75) is 13.1 Å². The second kappa shape index (κ2) is 3.22. The van der Waals surface area contributed by atoms with Crippen molar-refractivity contribution in [3.63, 3.8) is 0 Å². The Balaban J connectivity index is 2.50. The van der Waals surface area contributed by atoms with Crippen molar-refractivity contribution in [1.82, 2.24) is 9.88 Å². The average Bonchev–Trinajstić information content (AvgIpc) is 2.42. The summed E-state index contributed by atoms with van der Waals surface area (Å²) in [6.45, 7) is 1.47. The molecule has 1 N–H and O–H groups in total. The molecule has 1 aromatic rings. The van der Waals surface area contributed by atoms with Crippen molar-refractivity contribution in [3.8, 4) is 0 Å². The van der Waals surface area contributed by atoms with Gasteiger partial charge in [0.2, 0.25) is 0 Å². The number of halogens is 1. The summed E-state index contributed by atoms with van der Waals surface area (Å²) in [4.78, 5) is 16.9. The first kappa shape index (κ1) is 9.43. The maximum absolute atomic E-state index is 10.8.